The molecular weight excluding hydrogens is 251 g/mol. The lowest BCUT2D eigenvalue weighted by atomic mass is 9.91. The summed E-state index contributed by atoms with van der Waals surface area (Å²) in [4.78, 5) is 2.06. The fourth-order valence-corrected chi connectivity index (χ4v) is 2.34. The first-order chi connectivity index (χ1) is 9.61. The molecule has 0 radical (unpaired) electrons. The quantitative estimate of drug-likeness (QED) is 0.906. The van der Waals surface area contributed by atoms with Gasteiger partial charge in [0.05, 0.1) is 0 Å². The Bertz CT molecular complexity index is 549. The van der Waals surface area contributed by atoms with Crippen molar-refractivity contribution in [1.82, 2.24) is 0 Å². The molecule has 1 atom stereocenters. The third-order valence-electron chi connectivity index (χ3n) is 3.56. The standard InChI is InChI=1S/C17H21FN2/c1-20(2)15-9-7-13(8-10-15)11-14(12-19)16-5-3-4-6-17(16)18/h3-10,14H,11-12,19H2,1-2H3. The smallest absolute Gasteiger partial charge is 0.126 e. The summed E-state index contributed by atoms with van der Waals surface area (Å²) in [5.41, 5.74) is 8.86. The van der Waals surface area contributed by atoms with E-state index in [-0.39, 0.29) is 11.7 Å². The van der Waals surface area contributed by atoms with E-state index in [1.807, 2.05) is 26.2 Å². The van der Waals surface area contributed by atoms with E-state index in [0.717, 1.165) is 12.1 Å². The summed E-state index contributed by atoms with van der Waals surface area (Å²) < 4.78 is 13.8. The highest BCUT2D eigenvalue weighted by molar-refractivity contribution is 5.46. The van der Waals surface area contributed by atoms with E-state index in [0.29, 0.717) is 12.1 Å². The van der Waals surface area contributed by atoms with Crippen LogP contribution in [0.15, 0.2) is 48.5 Å². The Morgan fingerprint density at radius 2 is 1.70 bits per heavy atom. The molecule has 2 aromatic carbocycles. The van der Waals surface area contributed by atoms with Gasteiger partial charge in [-0.15, -0.1) is 0 Å². The molecule has 0 aliphatic carbocycles. The molecule has 2 aromatic rings. The highest BCUT2D eigenvalue weighted by atomic mass is 19.1. The van der Waals surface area contributed by atoms with Gasteiger partial charge in [-0.3, -0.25) is 0 Å². The van der Waals surface area contributed by atoms with Crippen LogP contribution in [0, 0.1) is 5.82 Å². The first-order valence-electron chi connectivity index (χ1n) is 6.82. The fourth-order valence-electron chi connectivity index (χ4n) is 2.34. The highest BCUT2D eigenvalue weighted by Crippen LogP contribution is 2.23. The lowest BCUT2D eigenvalue weighted by molar-refractivity contribution is 0.576. The van der Waals surface area contributed by atoms with Crippen LogP contribution in [0.3, 0.4) is 0 Å². The van der Waals surface area contributed by atoms with E-state index >= 15 is 0 Å². The van der Waals surface area contributed by atoms with Crippen LogP contribution in [0.1, 0.15) is 17.0 Å². The zero-order chi connectivity index (χ0) is 14.5. The van der Waals surface area contributed by atoms with Crippen LogP contribution in [0.5, 0.6) is 0 Å². The van der Waals surface area contributed by atoms with Crippen LogP contribution in [-0.2, 0) is 6.42 Å². The predicted octanol–water partition coefficient (Wildman–Crippen LogP) is 3.18. The van der Waals surface area contributed by atoms with Crippen molar-refractivity contribution in [3.05, 3.63) is 65.5 Å². The number of halogens is 1. The topological polar surface area (TPSA) is 29.3 Å². The Labute approximate surface area is 120 Å². The molecule has 0 amide bonds. The van der Waals surface area contributed by atoms with Crippen molar-refractivity contribution in [2.24, 2.45) is 5.73 Å². The zero-order valence-corrected chi connectivity index (χ0v) is 12.0. The first-order valence-corrected chi connectivity index (χ1v) is 6.82. The molecule has 0 saturated carbocycles. The van der Waals surface area contributed by atoms with Crippen LogP contribution in [0.25, 0.3) is 0 Å². The molecule has 0 aliphatic heterocycles. The Kier molecular flexibility index (Phi) is 4.74. The molecule has 20 heavy (non-hydrogen) atoms. The fraction of sp³-hybridized carbons (Fsp3) is 0.294. The van der Waals surface area contributed by atoms with Crippen molar-refractivity contribution < 1.29 is 4.39 Å². The van der Waals surface area contributed by atoms with E-state index in [9.17, 15) is 4.39 Å². The van der Waals surface area contributed by atoms with E-state index in [4.69, 9.17) is 5.73 Å². The molecule has 2 rings (SSSR count). The van der Waals surface area contributed by atoms with Gasteiger partial charge in [0.1, 0.15) is 5.82 Å². The van der Waals surface area contributed by atoms with E-state index < -0.39 is 0 Å². The third-order valence-corrected chi connectivity index (χ3v) is 3.56. The Hall–Kier alpha value is -1.87. The third kappa shape index (κ3) is 3.36. The highest BCUT2D eigenvalue weighted by Gasteiger charge is 2.14. The first kappa shape index (κ1) is 14.5. The van der Waals surface area contributed by atoms with Gasteiger partial charge >= 0.3 is 0 Å². The summed E-state index contributed by atoms with van der Waals surface area (Å²) >= 11 is 0. The Balaban J connectivity index is 2.16. The Morgan fingerprint density at radius 3 is 2.25 bits per heavy atom. The van der Waals surface area contributed by atoms with E-state index in [2.05, 4.69) is 29.2 Å². The molecule has 2 N–H and O–H groups in total. The summed E-state index contributed by atoms with van der Waals surface area (Å²) in [5.74, 6) is -0.158. The van der Waals surface area contributed by atoms with Gasteiger partial charge in [0.25, 0.3) is 0 Å². The largest absolute Gasteiger partial charge is 0.378 e. The van der Waals surface area contributed by atoms with Gasteiger partial charge in [0, 0.05) is 25.7 Å². The van der Waals surface area contributed by atoms with Gasteiger partial charge in [-0.25, -0.2) is 4.39 Å². The summed E-state index contributed by atoms with van der Waals surface area (Å²) in [6.07, 6.45) is 0.755. The average molecular weight is 272 g/mol. The normalized spacial score (nSPS) is 12.2. The lowest BCUT2D eigenvalue weighted by Crippen LogP contribution is -2.16. The Morgan fingerprint density at radius 1 is 1.05 bits per heavy atom. The number of hydrogen-bond donors (Lipinski definition) is 1. The van der Waals surface area contributed by atoms with Crippen molar-refractivity contribution in [3.8, 4) is 0 Å². The van der Waals surface area contributed by atoms with Crippen molar-refractivity contribution in [3.63, 3.8) is 0 Å². The number of nitrogens with two attached hydrogens (primary N) is 1. The number of rotatable bonds is 5. The summed E-state index contributed by atoms with van der Waals surface area (Å²) in [7, 11) is 4.02. The van der Waals surface area contributed by atoms with Crippen molar-refractivity contribution in [2.75, 3.05) is 25.5 Å². The minimum atomic E-state index is -0.173. The molecule has 0 fully saturated rings. The van der Waals surface area contributed by atoms with Gasteiger partial charge in [0.15, 0.2) is 0 Å². The van der Waals surface area contributed by atoms with Crippen LogP contribution in [0.2, 0.25) is 0 Å². The second kappa shape index (κ2) is 6.53. The van der Waals surface area contributed by atoms with Crippen LogP contribution >= 0.6 is 0 Å². The molecular formula is C17H21FN2. The van der Waals surface area contributed by atoms with Gasteiger partial charge in [-0.05, 0) is 42.3 Å². The van der Waals surface area contributed by atoms with Gasteiger partial charge in [0.2, 0.25) is 0 Å². The molecule has 1 unspecified atom stereocenters. The molecule has 3 heteroatoms. The minimum Gasteiger partial charge on any atom is -0.378 e. The molecule has 0 bridgehead atoms. The maximum Gasteiger partial charge on any atom is 0.126 e. The molecule has 0 aliphatic rings. The molecule has 0 spiro atoms. The number of hydrogen-bond acceptors (Lipinski definition) is 2. The zero-order valence-electron chi connectivity index (χ0n) is 12.0. The minimum absolute atomic E-state index is 0.0152. The van der Waals surface area contributed by atoms with Gasteiger partial charge in [-0.1, -0.05) is 30.3 Å². The van der Waals surface area contributed by atoms with Gasteiger partial charge < -0.3 is 10.6 Å². The van der Waals surface area contributed by atoms with Crippen molar-refractivity contribution in [1.29, 1.82) is 0 Å². The number of nitrogens with zero attached hydrogens (tertiary/aromatic N) is 1. The van der Waals surface area contributed by atoms with Crippen LogP contribution in [0.4, 0.5) is 10.1 Å². The van der Waals surface area contributed by atoms with E-state index in [1.165, 1.54) is 11.6 Å². The summed E-state index contributed by atoms with van der Waals surface area (Å²) in [6.45, 7) is 0.441. The lowest BCUT2D eigenvalue weighted by Gasteiger charge is -2.17. The number of benzene rings is 2. The summed E-state index contributed by atoms with van der Waals surface area (Å²) in [6, 6.07) is 15.2. The number of anilines is 1. The van der Waals surface area contributed by atoms with Crippen molar-refractivity contribution >= 4 is 5.69 Å². The second-order valence-electron chi connectivity index (χ2n) is 5.22. The molecule has 0 aromatic heterocycles. The molecule has 0 heterocycles. The van der Waals surface area contributed by atoms with Gasteiger partial charge in [-0.2, -0.15) is 0 Å². The SMILES string of the molecule is CN(C)c1ccc(CC(CN)c2ccccc2F)cc1. The predicted molar refractivity (Wildman–Crippen MR) is 82.7 cm³/mol. The molecule has 2 nitrogen and oxygen atoms in total. The van der Waals surface area contributed by atoms with Crippen molar-refractivity contribution in [2.45, 2.75) is 12.3 Å². The average Bonchev–Trinajstić information content (AvgIpc) is 2.46. The maximum absolute atomic E-state index is 13.8. The maximum atomic E-state index is 13.8. The van der Waals surface area contributed by atoms with E-state index in [1.54, 1.807) is 6.07 Å². The monoisotopic (exact) mass is 272 g/mol. The summed E-state index contributed by atoms with van der Waals surface area (Å²) in [5, 5.41) is 0. The van der Waals surface area contributed by atoms with Crippen LogP contribution < -0.4 is 10.6 Å². The molecule has 106 valence electrons. The molecule has 0 saturated heterocycles. The second-order valence-corrected chi connectivity index (χ2v) is 5.22. The van der Waals surface area contributed by atoms with Crippen LogP contribution in [-0.4, -0.2) is 20.6 Å².